The highest BCUT2D eigenvalue weighted by atomic mass is 16.5. The third-order valence-corrected chi connectivity index (χ3v) is 4.63. The number of para-hydroxylation sites is 1. The van der Waals surface area contributed by atoms with Gasteiger partial charge in [0.1, 0.15) is 17.1 Å². The largest absolute Gasteiger partial charge is 0.487 e. The highest BCUT2D eigenvalue weighted by molar-refractivity contribution is 5.81. The quantitative estimate of drug-likeness (QED) is 0.856. The molecule has 1 aliphatic rings. The molecule has 0 spiro atoms. The minimum atomic E-state index is -0.516. The maximum atomic E-state index is 12.9. The van der Waals surface area contributed by atoms with Crippen molar-refractivity contribution in [1.29, 1.82) is 0 Å². The molecule has 2 atom stereocenters. The predicted molar refractivity (Wildman–Crippen MR) is 103 cm³/mol. The van der Waals surface area contributed by atoms with Gasteiger partial charge in [-0.25, -0.2) is 0 Å². The average molecular weight is 353 g/mol. The third-order valence-electron chi connectivity index (χ3n) is 4.63. The van der Waals surface area contributed by atoms with E-state index in [9.17, 15) is 4.79 Å². The summed E-state index contributed by atoms with van der Waals surface area (Å²) in [6.07, 6.45) is 0.808. The van der Waals surface area contributed by atoms with E-state index in [4.69, 9.17) is 9.47 Å². The first-order valence-corrected chi connectivity index (χ1v) is 9.19. The summed E-state index contributed by atoms with van der Waals surface area (Å²) in [6, 6.07) is 15.5. The third kappa shape index (κ3) is 4.18. The fourth-order valence-corrected chi connectivity index (χ4v) is 3.34. The van der Waals surface area contributed by atoms with Gasteiger partial charge in [0.25, 0.3) is 5.91 Å². The molecule has 1 aliphatic heterocycles. The molecule has 0 fully saturated rings. The van der Waals surface area contributed by atoms with Crippen LogP contribution in [0.1, 0.15) is 50.8 Å². The zero-order valence-electron chi connectivity index (χ0n) is 15.9. The molecule has 0 bridgehead atoms. The zero-order valence-corrected chi connectivity index (χ0v) is 15.9. The molecule has 0 aromatic heterocycles. The molecule has 0 saturated heterocycles. The summed E-state index contributed by atoms with van der Waals surface area (Å²) in [7, 11) is 0. The van der Waals surface area contributed by atoms with Crippen molar-refractivity contribution in [3.63, 3.8) is 0 Å². The summed E-state index contributed by atoms with van der Waals surface area (Å²) < 4.78 is 12.0. The number of nitrogens with one attached hydrogen (secondary N) is 1. The van der Waals surface area contributed by atoms with Crippen molar-refractivity contribution in [2.24, 2.45) is 0 Å². The van der Waals surface area contributed by atoms with Crippen LogP contribution in [0.5, 0.6) is 11.5 Å². The lowest BCUT2D eigenvalue weighted by molar-refractivity contribution is -0.129. The van der Waals surface area contributed by atoms with Crippen LogP contribution in [0.25, 0.3) is 0 Å². The first-order valence-electron chi connectivity index (χ1n) is 9.19. The van der Waals surface area contributed by atoms with E-state index in [0.29, 0.717) is 12.2 Å². The fourth-order valence-electron chi connectivity index (χ4n) is 3.34. The van der Waals surface area contributed by atoms with E-state index in [0.717, 1.165) is 23.3 Å². The lowest BCUT2D eigenvalue weighted by Gasteiger charge is -2.38. The SMILES string of the molecule is CC[C@H](Oc1ccccc1)C(=O)N[C@H]1CC(C)(C)Oc2cc(C)ccc21. The number of rotatable bonds is 5. The molecule has 0 radical (unpaired) electrons. The highest BCUT2D eigenvalue weighted by Crippen LogP contribution is 2.40. The van der Waals surface area contributed by atoms with Crippen molar-refractivity contribution in [3.05, 3.63) is 59.7 Å². The number of carbonyl (C=O) groups excluding carboxylic acids is 1. The minimum Gasteiger partial charge on any atom is -0.487 e. The van der Waals surface area contributed by atoms with Crippen LogP contribution in [0.4, 0.5) is 0 Å². The van der Waals surface area contributed by atoms with E-state index >= 15 is 0 Å². The van der Waals surface area contributed by atoms with Gasteiger partial charge < -0.3 is 14.8 Å². The van der Waals surface area contributed by atoms with Gasteiger partial charge in [-0.15, -0.1) is 0 Å². The Morgan fingerprint density at radius 1 is 1.27 bits per heavy atom. The standard InChI is InChI=1S/C22H27NO3/c1-5-19(25-16-9-7-6-8-10-16)21(24)23-18-14-22(3,4)26-20-13-15(2)11-12-17(18)20/h6-13,18-19H,5,14H2,1-4H3,(H,23,24)/t18-,19-/m0/s1. The van der Waals surface area contributed by atoms with Gasteiger partial charge in [0.05, 0.1) is 6.04 Å². The van der Waals surface area contributed by atoms with Gasteiger partial charge in [-0.1, -0.05) is 37.3 Å². The molecule has 3 rings (SSSR count). The van der Waals surface area contributed by atoms with E-state index in [1.807, 2.05) is 56.3 Å². The number of amides is 1. The van der Waals surface area contributed by atoms with Crippen LogP contribution in [0.3, 0.4) is 0 Å². The van der Waals surface area contributed by atoms with Gasteiger partial charge >= 0.3 is 0 Å². The Balaban J connectivity index is 1.77. The number of carbonyl (C=O) groups is 1. The van der Waals surface area contributed by atoms with Crippen LogP contribution in [-0.2, 0) is 4.79 Å². The van der Waals surface area contributed by atoms with Crippen LogP contribution in [-0.4, -0.2) is 17.6 Å². The average Bonchev–Trinajstić information content (AvgIpc) is 2.59. The van der Waals surface area contributed by atoms with Crippen LogP contribution >= 0.6 is 0 Å². The number of benzene rings is 2. The maximum absolute atomic E-state index is 12.9. The molecule has 2 aromatic carbocycles. The Hall–Kier alpha value is -2.49. The van der Waals surface area contributed by atoms with Gasteiger partial charge in [-0.3, -0.25) is 4.79 Å². The number of aryl methyl sites for hydroxylation is 1. The molecule has 0 saturated carbocycles. The van der Waals surface area contributed by atoms with Crippen LogP contribution < -0.4 is 14.8 Å². The first-order chi connectivity index (χ1) is 12.4. The van der Waals surface area contributed by atoms with E-state index in [2.05, 4.69) is 25.2 Å². The Labute approximate surface area is 155 Å². The second-order valence-corrected chi connectivity index (χ2v) is 7.50. The van der Waals surface area contributed by atoms with Gasteiger partial charge in [-0.2, -0.15) is 0 Å². The van der Waals surface area contributed by atoms with E-state index in [1.54, 1.807) is 0 Å². The van der Waals surface area contributed by atoms with Crippen LogP contribution in [0, 0.1) is 6.92 Å². The summed E-state index contributed by atoms with van der Waals surface area (Å²) in [6.45, 7) is 8.10. The molecule has 1 heterocycles. The van der Waals surface area contributed by atoms with Crippen molar-refractivity contribution in [2.75, 3.05) is 0 Å². The van der Waals surface area contributed by atoms with Crippen molar-refractivity contribution in [3.8, 4) is 11.5 Å². The van der Waals surface area contributed by atoms with Gasteiger partial charge in [-0.05, 0) is 51.0 Å². The molecule has 0 aliphatic carbocycles. The molecule has 0 unspecified atom stereocenters. The molecule has 4 heteroatoms. The van der Waals surface area contributed by atoms with Crippen molar-refractivity contribution >= 4 is 5.91 Å². The lowest BCUT2D eigenvalue weighted by atomic mass is 9.89. The molecule has 4 nitrogen and oxygen atoms in total. The van der Waals surface area contributed by atoms with E-state index in [-0.39, 0.29) is 17.6 Å². The van der Waals surface area contributed by atoms with Crippen molar-refractivity contribution < 1.29 is 14.3 Å². The summed E-state index contributed by atoms with van der Waals surface area (Å²) in [5.41, 5.74) is 1.84. The Kier molecular flexibility index (Phi) is 5.21. The summed E-state index contributed by atoms with van der Waals surface area (Å²) in [5, 5.41) is 3.18. The molecule has 26 heavy (non-hydrogen) atoms. The number of hydrogen-bond acceptors (Lipinski definition) is 3. The molecule has 1 N–H and O–H groups in total. The smallest absolute Gasteiger partial charge is 0.261 e. The van der Waals surface area contributed by atoms with Crippen LogP contribution in [0.15, 0.2) is 48.5 Å². The van der Waals surface area contributed by atoms with Crippen LogP contribution in [0.2, 0.25) is 0 Å². The fraction of sp³-hybridized carbons (Fsp3) is 0.409. The van der Waals surface area contributed by atoms with Crippen molar-refractivity contribution in [2.45, 2.75) is 58.3 Å². The molecular weight excluding hydrogens is 326 g/mol. The van der Waals surface area contributed by atoms with Crippen molar-refractivity contribution in [1.82, 2.24) is 5.32 Å². The van der Waals surface area contributed by atoms with E-state index < -0.39 is 6.10 Å². The Morgan fingerprint density at radius 3 is 2.69 bits per heavy atom. The monoisotopic (exact) mass is 353 g/mol. The lowest BCUT2D eigenvalue weighted by Crippen LogP contribution is -2.45. The number of hydrogen-bond donors (Lipinski definition) is 1. The first kappa shape index (κ1) is 18.3. The molecule has 138 valence electrons. The summed E-state index contributed by atoms with van der Waals surface area (Å²) in [5.74, 6) is 1.46. The molecule has 1 amide bonds. The topological polar surface area (TPSA) is 47.6 Å². The Bertz CT molecular complexity index is 770. The second-order valence-electron chi connectivity index (χ2n) is 7.50. The second kappa shape index (κ2) is 7.40. The maximum Gasteiger partial charge on any atom is 0.261 e. The Morgan fingerprint density at radius 2 is 2.00 bits per heavy atom. The van der Waals surface area contributed by atoms with Gasteiger partial charge in [0.15, 0.2) is 6.10 Å². The zero-order chi connectivity index (χ0) is 18.7. The van der Waals surface area contributed by atoms with E-state index in [1.165, 1.54) is 0 Å². The highest BCUT2D eigenvalue weighted by Gasteiger charge is 2.35. The normalized spacial score (nSPS) is 19.0. The number of ether oxygens (including phenoxy) is 2. The minimum absolute atomic E-state index is 0.0877. The molecule has 2 aromatic rings. The predicted octanol–water partition coefficient (Wildman–Crippen LogP) is 4.57. The molecular formula is C22H27NO3. The van der Waals surface area contributed by atoms with Gasteiger partial charge in [0.2, 0.25) is 0 Å². The summed E-state index contributed by atoms with van der Waals surface area (Å²) >= 11 is 0. The number of fused-ring (bicyclic) bond motifs is 1. The van der Waals surface area contributed by atoms with Gasteiger partial charge in [0, 0.05) is 12.0 Å². The summed E-state index contributed by atoms with van der Waals surface area (Å²) in [4.78, 5) is 12.9.